The van der Waals surface area contributed by atoms with Crippen LogP contribution in [0.2, 0.25) is 0 Å². The molecule has 122 valence electrons. The molecule has 5 heteroatoms. The number of anilines is 1. The minimum absolute atomic E-state index is 0.00864. The van der Waals surface area contributed by atoms with Crippen LogP contribution in [0.5, 0.6) is 0 Å². The van der Waals surface area contributed by atoms with Crippen LogP contribution in [0.1, 0.15) is 5.56 Å². The first-order valence-electron chi connectivity index (χ1n) is 7.60. The first-order valence-corrected chi connectivity index (χ1v) is 7.60. The molecule has 0 bridgehead atoms. The lowest BCUT2D eigenvalue weighted by Crippen LogP contribution is -2.35. The van der Waals surface area contributed by atoms with E-state index in [-0.39, 0.29) is 12.2 Å². The van der Waals surface area contributed by atoms with Crippen LogP contribution in [0, 0.1) is 11.3 Å². The van der Waals surface area contributed by atoms with Crippen LogP contribution in [0.3, 0.4) is 0 Å². The third kappa shape index (κ3) is 4.96. The van der Waals surface area contributed by atoms with E-state index >= 15 is 0 Å². The van der Waals surface area contributed by atoms with Crippen molar-refractivity contribution < 1.29 is 14.1 Å². The van der Waals surface area contributed by atoms with Crippen LogP contribution in [0.15, 0.2) is 60.4 Å². The zero-order chi connectivity index (χ0) is 17.4. The van der Waals surface area contributed by atoms with Crippen molar-refractivity contribution in [1.82, 2.24) is 0 Å². The van der Waals surface area contributed by atoms with E-state index in [1.807, 2.05) is 84.5 Å². The summed E-state index contributed by atoms with van der Waals surface area (Å²) in [6, 6.07) is 15.2. The second-order valence-corrected chi connectivity index (χ2v) is 5.41. The summed E-state index contributed by atoms with van der Waals surface area (Å²) in [4.78, 5) is 14.0. The molecular formula is C19H20N3O2+. The van der Waals surface area contributed by atoms with Crippen LogP contribution in [-0.2, 0) is 16.1 Å². The Hall–Kier alpha value is -3.13. The van der Waals surface area contributed by atoms with Crippen molar-refractivity contribution in [2.45, 2.75) is 6.54 Å². The van der Waals surface area contributed by atoms with E-state index in [0.29, 0.717) is 6.54 Å². The fraction of sp³-hybridized carbons (Fsp3) is 0.211. The highest BCUT2D eigenvalue weighted by Crippen LogP contribution is 2.15. The minimum atomic E-state index is -0.606. The molecule has 0 aliphatic heterocycles. The smallest absolute Gasteiger partial charge is 0.349 e. The summed E-state index contributed by atoms with van der Waals surface area (Å²) in [5, 5.41) is 9.18. The Morgan fingerprint density at radius 3 is 2.46 bits per heavy atom. The van der Waals surface area contributed by atoms with Gasteiger partial charge in [0.1, 0.15) is 11.6 Å². The van der Waals surface area contributed by atoms with E-state index in [1.54, 1.807) is 0 Å². The van der Waals surface area contributed by atoms with Crippen molar-refractivity contribution in [2.75, 3.05) is 25.6 Å². The van der Waals surface area contributed by atoms with Gasteiger partial charge >= 0.3 is 5.97 Å². The number of hydrogen-bond donors (Lipinski definition) is 0. The molecule has 0 atom stereocenters. The molecule has 2 rings (SSSR count). The van der Waals surface area contributed by atoms with Gasteiger partial charge in [0.05, 0.1) is 0 Å². The molecule has 0 saturated heterocycles. The molecule has 0 fully saturated rings. The summed E-state index contributed by atoms with van der Waals surface area (Å²) < 4.78 is 7.08. The van der Waals surface area contributed by atoms with Gasteiger partial charge in [-0.1, -0.05) is 18.2 Å². The number of rotatable bonds is 6. The van der Waals surface area contributed by atoms with Gasteiger partial charge < -0.3 is 9.64 Å². The summed E-state index contributed by atoms with van der Waals surface area (Å²) in [5.74, 6) is -0.606. The molecule has 5 nitrogen and oxygen atoms in total. The van der Waals surface area contributed by atoms with Gasteiger partial charge in [0.2, 0.25) is 0 Å². The lowest BCUT2D eigenvalue weighted by molar-refractivity contribution is -0.697. The van der Waals surface area contributed by atoms with Gasteiger partial charge in [0, 0.05) is 31.9 Å². The largest absolute Gasteiger partial charge is 0.455 e. The fourth-order valence-corrected chi connectivity index (χ4v) is 2.08. The monoisotopic (exact) mass is 322 g/mol. The van der Waals surface area contributed by atoms with Gasteiger partial charge in [-0.3, -0.25) is 0 Å². The van der Waals surface area contributed by atoms with Gasteiger partial charge in [0.15, 0.2) is 25.5 Å². The molecule has 2 aromatic rings. The number of aromatic nitrogens is 1. The maximum Gasteiger partial charge on any atom is 0.349 e. The van der Waals surface area contributed by atoms with Crippen molar-refractivity contribution in [3.63, 3.8) is 0 Å². The fourth-order valence-electron chi connectivity index (χ4n) is 2.08. The molecular weight excluding hydrogens is 302 g/mol. The molecule has 0 spiro atoms. The van der Waals surface area contributed by atoms with E-state index in [1.165, 1.54) is 6.08 Å². The maximum atomic E-state index is 12.0. The first kappa shape index (κ1) is 17.2. The minimum Gasteiger partial charge on any atom is -0.455 e. The van der Waals surface area contributed by atoms with Crippen LogP contribution < -0.4 is 9.47 Å². The second-order valence-electron chi connectivity index (χ2n) is 5.41. The lowest BCUT2D eigenvalue weighted by atomic mass is 10.1. The van der Waals surface area contributed by atoms with Crippen molar-refractivity contribution >= 4 is 17.7 Å². The van der Waals surface area contributed by atoms with Gasteiger partial charge in [-0.15, -0.1) is 0 Å². The molecule has 0 amide bonds. The van der Waals surface area contributed by atoms with Gasteiger partial charge in [0.25, 0.3) is 0 Å². The number of nitriles is 1. The third-order valence-corrected chi connectivity index (χ3v) is 3.42. The molecule has 1 aromatic carbocycles. The normalized spacial score (nSPS) is 10.8. The standard InChI is InChI=1S/C19H20N3O2/c1-21(2)18-8-6-16(7-9-18)14-17(15-20)19(23)24-13-12-22-10-4-3-5-11-22/h3-11,14H,12-13H2,1-2H3/q+1. The Bertz CT molecular complexity index is 744. The zero-order valence-corrected chi connectivity index (χ0v) is 13.8. The molecule has 0 radical (unpaired) electrons. The van der Waals surface area contributed by atoms with E-state index in [0.717, 1.165) is 11.3 Å². The Morgan fingerprint density at radius 2 is 1.88 bits per heavy atom. The summed E-state index contributed by atoms with van der Waals surface area (Å²) in [6.45, 7) is 0.759. The first-order chi connectivity index (χ1) is 11.6. The number of ether oxygens (including phenoxy) is 1. The number of nitrogens with zero attached hydrogens (tertiary/aromatic N) is 3. The van der Waals surface area contributed by atoms with Crippen LogP contribution in [0.25, 0.3) is 6.08 Å². The average molecular weight is 322 g/mol. The van der Waals surface area contributed by atoms with Crippen LogP contribution >= 0.6 is 0 Å². The summed E-state index contributed by atoms with van der Waals surface area (Å²) in [7, 11) is 3.90. The maximum absolute atomic E-state index is 12.0. The van der Waals surface area contributed by atoms with Crippen molar-refractivity contribution in [1.29, 1.82) is 5.26 Å². The Labute approximate surface area is 142 Å². The van der Waals surface area contributed by atoms with Gasteiger partial charge in [-0.2, -0.15) is 5.26 Å². The number of pyridine rings is 1. The average Bonchev–Trinajstić information content (AvgIpc) is 2.60. The number of benzene rings is 1. The number of carbonyl (C=O) groups excluding carboxylic acids is 1. The Balaban J connectivity index is 1.96. The van der Waals surface area contributed by atoms with E-state index in [4.69, 9.17) is 4.74 Å². The second kappa shape index (κ2) is 8.49. The highest BCUT2D eigenvalue weighted by atomic mass is 16.5. The molecule has 0 aliphatic rings. The predicted molar refractivity (Wildman–Crippen MR) is 92.0 cm³/mol. The molecule has 24 heavy (non-hydrogen) atoms. The number of esters is 1. The number of carbonyl (C=O) groups is 1. The highest BCUT2D eigenvalue weighted by molar-refractivity contribution is 5.97. The van der Waals surface area contributed by atoms with Crippen molar-refractivity contribution in [2.24, 2.45) is 0 Å². The quantitative estimate of drug-likeness (QED) is 0.354. The third-order valence-electron chi connectivity index (χ3n) is 3.42. The SMILES string of the molecule is CN(C)c1ccc(C=C(C#N)C(=O)OCC[n+]2ccccc2)cc1. The van der Waals surface area contributed by atoms with Gasteiger partial charge in [-0.05, 0) is 23.8 Å². The lowest BCUT2D eigenvalue weighted by Gasteiger charge is -2.11. The molecule has 0 N–H and O–H groups in total. The zero-order valence-electron chi connectivity index (χ0n) is 13.8. The molecule has 1 aromatic heterocycles. The topological polar surface area (TPSA) is 57.2 Å². The van der Waals surface area contributed by atoms with Gasteiger partial charge in [-0.25, -0.2) is 9.36 Å². The molecule has 0 aliphatic carbocycles. The Kier molecular flexibility index (Phi) is 6.09. The van der Waals surface area contributed by atoms with Crippen molar-refractivity contribution in [3.8, 4) is 6.07 Å². The Morgan fingerprint density at radius 1 is 1.21 bits per heavy atom. The summed E-state index contributed by atoms with van der Waals surface area (Å²) >= 11 is 0. The predicted octanol–water partition coefficient (Wildman–Crippen LogP) is 2.19. The van der Waals surface area contributed by atoms with E-state index in [9.17, 15) is 10.1 Å². The number of hydrogen-bond acceptors (Lipinski definition) is 4. The summed E-state index contributed by atoms with van der Waals surface area (Å²) in [5.41, 5.74) is 1.82. The van der Waals surface area contributed by atoms with Crippen molar-refractivity contribution in [3.05, 3.63) is 66.0 Å². The van der Waals surface area contributed by atoms with E-state index in [2.05, 4.69) is 0 Å². The van der Waals surface area contributed by atoms with Crippen LogP contribution in [-0.4, -0.2) is 26.7 Å². The molecule has 1 heterocycles. The van der Waals surface area contributed by atoms with Crippen LogP contribution in [0.4, 0.5) is 5.69 Å². The molecule has 0 saturated carbocycles. The summed E-state index contributed by atoms with van der Waals surface area (Å²) in [6.07, 6.45) is 5.32. The highest BCUT2D eigenvalue weighted by Gasteiger charge is 2.11. The molecule has 0 unspecified atom stereocenters. The van der Waals surface area contributed by atoms with E-state index < -0.39 is 5.97 Å².